The fourth-order valence-electron chi connectivity index (χ4n) is 1.78. The standard InChI is InChI=1S/C14H9ClN2O6/c15-13-11(16(19)20)6-10(7-12(13)17(21)22)14(18)23-8-9-4-2-1-3-5-9/h1-7H,8H2. The molecule has 118 valence electrons. The minimum atomic E-state index is -0.920. The van der Waals surface area contributed by atoms with E-state index in [0.29, 0.717) is 5.56 Å². The summed E-state index contributed by atoms with van der Waals surface area (Å²) < 4.78 is 5.00. The van der Waals surface area contributed by atoms with Crippen LogP contribution in [0.3, 0.4) is 0 Å². The number of benzene rings is 2. The zero-order valence-electron chi connectivity index (χ0n) is 11.5. The third-order valence-corrected chi connectivity index (χ3v) is 3.26. The molecule has 2 aromatic carbocycles. The van der Waals surface area contributed by atoms with Gasteiger partial charge in [0.2, 0.25) is 0 Å². The van der Waals surface area contributed by atoms with Crippen molar-refractivity contribution < 1.29 is 19.4 Å². The Kier molecular flexibility index (Phi) is 4.87. The minimum absolute atomic E-state index is 0.0656. The van der Waals surface area contributed by atoms with Crippen LogP contribution < -0.4 is 0 Å². The van der Waals surface area contributed by atoms with E-state index in [0.717, 1.165) is 12.1 Å². The monoisotopic (exact) mass is 336 g/mol. The molecule has 2 rings (SSSR count). The van der Waals surface area contributed by atoms with E-state index in [-0.39, 0.29) is 12.2 Å². The number of nitro groups is 2. The Morgan fingerprint density at radius 2 is 1.57 bits per heavy atom. The number of hydrogen-bond acceptors (Lipinski definition) is 6. The van der Waals surface area contributed by atoms with Gasteiger partial charge in [-0.15, -0.1) is 0 Å². The molecule has 0 saturated heterocycles. The van der Waals surface area contributed by atoms with Crippen LogP contribution in [0.5, 0.6) is 0 Å². The Morgan fingerprint density at radius 1 is 1.04 bits per heavy atom. The van der Waals surface area contributed by atoms with Crippen molar-refractivity contribution >= 4 is 28.9 Å². The fourth-order valence-corrected chi connectivity index (χ4v) is 2.03. The summed E-state index contributed by atoms with van der Waals surface area (Å²) in [6.45, 7) is -0.0656. The lowest BCUT2D eigenvalue weighted by Gasteiger charge is -2.06. The normalized spacial score (nSPS) is 10.1. The van der Waals surface area contributed by atoms with Crippen molar-refractivity contribution in [3.8, 4) is 0 Å². The lowest BCUT2D eigenvalue weighted by Crippen LogP contribution is -2.07. The zero-order valence-corrected chi connectivity index (χ0v) is 12.2. The van der Waals surface area contributed by atoms with Crippen LogP contribution in [-0.4, -0.2) is 15.8 Å². The van der Waals surface area contributed by atoms with Crippen molar-refractivity contribution in [1.29, 1.82) is 0 Å². The summed E-state index contributed by atoms with van der Waals surface area (Å²) in [5.41, 5.74) is -1.07. The van der Waals surface area contributed by atoms with Crippen LogP contribution in [0.2, 0.25) is 5.02 Å². The van der Waals surface area contributed by atoms with Gasteiger partial charge in [0.15, 0.2) is 5.02 Å². The lowest BCUT2D eigenvalue weighted by molar-refractivity contribution is -0.393. The maximum Gasteiger partial charge on any atom is 0.338 e. The van der Waals surface area contributed by atoms with Crippen LogP contribution in [-0.2, 0) is 11.3 Å². The summed E-state index contributed by atoms with van der Waals surface area (Å²) in [4.78, 5) is 32.0. The second kappa shape index (κ2) is 6.84. The third kappa shape index (κ3) is 3.80. The van der Waals surface area contributed by atoms with E-state index in [1.807, 2.05) is 0 Å². The molecule has 0 saturated carbocycles. The SMILES string of the molecule is O=C(OCc1ccccc1)c1cc([N+](=O)[O-])c(Cl)c([N+](=O)[O-])c1. The first kappa shape index (κ1) is 16.4. The average molecular weight is 337 g/mol. The van der Waals surface area contributed by atoms with Crippen LogP contribution >= 0.6 is 11.6 Å². The van der Waals surface area contributed by atoms with Crippen LogP contribution in [0, 0.1) is 20.2 Å². The van der Waals surface area contributed by atoms with Gasteiger partial charge in [-0.3, -0.25) is 20.2 Å². The minimum Gasteiger partial charge on any atom is -0.457 e. The van der Waals surface area contributed by atoms with Crippen LogP contribution in [0.25, 0.3) is 0 Å². The molecule has 0 aliphatic heterocycles. The number of carbonyl (C=O) groups excluding carboxylic acids is 1. The first-order valence-corrected chi connectivity index (χ1v) is 6.61. The molecular weight excluding hydrogens is 328 g/mol. The van der Waals surface area contributed by atoms with Crippen molar-refractivity contribution in [2.45, 2.75) is 6.61 Å². The molecule has 0 aromatic heterocycles. The fraction of sp³-hybridized carbons (Fsp3) is 0.0714. The van der Waals surface area contributed by atoms with Gasteiger partial charge in [-0.2, -0.15) is 0 Å². The van der Waals surface area contributed by atoms with Gasteiger partial charge >= 0.3 is 5.97 Å². The quantitative estimate of drug-likeness (QED) is 0.469. The van der Waals surface area contributed by atoms with Crippen LogP contribution in [0.4, 0.5) is 11.4 Å². The summed E-state index contributed by atoms with van der Waals surface area (Å²) in [5, 5.41) is 21.2. The Labute approximate surface area is 134 Å². The molecular formula is C14H9ClN2O6. The number of esters is 1. The number of hydrogen-bond donors (Lipinski definition) is 0. The highest BCUT2D eigenvalue weighted by Crippen LogP contribution is 2.35. The molecule has 0 atom stereocenters. The highest BCUT2D eigenvalue weighted by Gasteiger charge is 2.27. The van der Waals surface area contributed by atoms with E-state index in [2.05, 4.69) is 0 Å². The first-order valence-electron chi connectivity index (χ1n) is 6.23. The number of nitro benzene ring substituents is 2. The number of halogens is 1. The van der Waals surface area contributed by atoms with Gasteiger partial charge in [-0.05, 0) is 5.56 Å². The molecule has 0 aliphatic carbocycles. The molecule has 0 N–H and O–H groups in total. The van der Waals surface area contributed by atoms with E-state index in [1.54, 1.807) is 30.3 Å². The summed E-state index contributed by atoms with van der Waals surface area (Å²) in [7, 11) is 0. The molecule has 23 heavy (non-hydrogen) atoms. The molecule has 0 spiro atoms. The topological polar surface area (TPSA) is 113 Å². The van der Waals surface area contributed by atoms with Gasteiger partial charge < -0.3 is 4.74 Å². The van der Waals surface area contributed by atoms with Gasteiger partial charge in [0, 0.05) is 12.1 Å². The highest BCUT2D eigenvalue weighted by atomic mass is 35.5. The second-order valence-electron chi connectivity index (χ2n) is 4.40. The molecule has 0 heterocycles. The maximum atomic E-state index is 12.0. The largest absolute Gasteiger partial charge is 0.457 e. The third-order valence-electron chi connectivity index (χ3n) is 2.88. The van der Waals surface area contributed by atoms with E-state index in [9.17, 15) is 25.0 Å². The van der Waals surface area contributed by atoms with Crippen molar-refractivity contribution in [1.82, 2.24) is 0 Å². The first-order chi connectivity index (χ1) is 10.9. The molecule has 2 aromatic rings. The Bertz CT molecular complexity index is 743. The lowest BCUT2D eigenvalue weighted by atomic mass is 10.1. The summed E-state index contributed by atoms with van der Waals surface area (Å²) >= 11 is 5.61. The van der Waals surface area contributed by atoms with E-state index in [4.69, 9.17) is 16.3 Å². The van der Waals surface area contributed by atoms with Crippen LogP contribution in [0.15, 0.2) is 42.5 Å². The molecule has 0 radical (unpaired) electrons. The Balaban J connectivity index is 2.29. The molecule has 0 fully saturated rings. The molecule has 0 amide bonds. The van der Waals surface area contributed by atoms with Gasteiger partial charge in [0.1, 0.15) is 6.61 Å². The van der Waals surface area contributed by atoms with Crippen molar-refractivity contribution in [2.24, 2.45) is 0 Å². The molecule has 9 heteroatoms. The van der Waals surface area contributed by atoms with Crippen molar-refractivity contribution in [3.63, 3.8) is 0 Å². The van der Waals surface area contributed by atoms with Gasteiger partial charge in [-0.25, -0.2) is 4.79 Å². The molecule has 0 bridgehead atoms. The number of rotatable bonds is 5. The number of carbonyl (C=O) groups is 1. The smallest absolute Gasteiger partial charge is 0.338 e. The van der Waals surface area contributed by atoms with Crippen molar-refractivity contribution in [2.75, 3.05) is 0 Å². The molecule has 0 aliphatic rings. The summed E-state index contributed by atoms with van der Waals surface area (Å²) in [5.74, 6) is -0.920. The zero-order chi connectivity index (χ0) is 17.0. The average Bonchev–Trinajstić information content (AvgIpc) is 2.53. The van der Waals surface area contributed by atoms with Crippen LogP contribution in [0.1, 0.15) is 15.9 Å². The molecule has 0 unspecified atom stereocenters. The maximum absolute atomic E-state index is 12.0. The number of ether oxygens (including phenoxy) is 1. The highest BCUT2D eigenvalue weighted by molar-refractivity contribution is 6.35. The van der Waals surface area contributed by atoms with E-state index in [1.165, 1.54) is 0 Å². The Morgan fingerprint density at radius 3 is 2.04 bits per heavy atom. The van der Waals surface area contributed by atoms with Gasteiger partial charge in [0.25, 0.3) is 11.4 Å². The van der Waals surface area contributed by atoms with Crippen molar-refractivity contribution in [3.05, 3.63) is 78.8 Å². The predicted octanol–water partition coefficient (Wildman–Crippen LogP) is 3.51. The van der Waals surface area contributed by atoms with E-state index < -0.39 is 32.2 Å². The molecule has 8 nitrogen and oxygen atoms in total. The summed E-state index contributed by atoms with van der Waals surface area (Å²) in [6, 6.07) is 10.4. The second-order valence-corrected chi connectivity index (χ2v) is 4.78. The van der Waals surface area contributed by atoms with Gasteiger partial charge in [-0.1, -0.05) is 41.9 Å². The summed E-state index contributed by atoms with van der Waals surface area (Å²) in [6.07, 6.45) is 0. The van der Waals surface area contributed by atoms with E-state index >= 15 is 0 Å². The number of nitrogens with zero attached hydrogens (tertiary/aromatic N) is 2. The Hall–Kier alpha value is -3.00. The van der Waals surface area contributed by atoms with Gasteiger partial charge in [0.05, 0.1) is 15.4 Å². The predicted molar refractivity (Wildman–Crippen MR) is 80.3 cm³/mol.